The molecule has 36 heavy (non-hydrogen) atoms. The maximum atomic E-state index is 14.7. The maximum absolute atomic E-state index is 14.7. The number of amides is 1. The van der Waals surface area contributed by atoms with Crippen LogP contribution in [0.3, 0.4) is 0 Å². The molecule has 0 unspecified atom stereocenters. The molecule has 0 N–H and O–H groups in total. The minimum Gasteiger partial charge on any atom is -0.444 e. The van der Waals surface area contributed by atoms with Crippen LogP contribution in [0.25, 0.3) is 0 Å². The Hall–Kier alpha value is -2.76. The van der Waals surface area contributed by atoms with E-state index in [1.165, 1.54) is 48.9 Å². The third kappa shape index (κ3) is 7.37. The van der Waals surface area contributed by atoms with Crippen LogP contribution in [-0.2, 0) is 27.7 Å². The fourth-order valence-electron chi connectivity index (χ4n) is 3.22. The van der Waals surface area contributed by atoms with Crippen molar-refractivity contribution in [2.75, 3.05) is 27.7 Å². The number of rotatable bonds is 9. The Bertz CT molecular complexity index is 1270. The lowest BCUT2D eigenvalue weighted by Crippen LogP contribution is -2.34. The number of ether oxygens (including phenoxy) is 1. The highest BCUT2D eigenvalue weighted by Gasteiger charge is 2.22. The third-order valence-corrected chi connectivity index (χ3v) is 7.43. The van der Waals surface area contributed by atoms with Crippen molar-refractivity contribution in [2.45, 2.75) is 51.2 Å². The summed E-state index contributed by atoms with van der Waals surface area (Å²) in [6, 6.07) is 4.48. The van der Waals surface area contributed by atoms with Gasteiger partial charge in [0.05, 0.1) is 17.3 Å². The van der Waals surface area contributed by atoms with Crippen LogP contribution in [0.1, 0.15) is 48.1 Å². The van der Waals surface area contributed by atoms with E-state index in [1.54, 1.807) is 33.8 Å². The molecule has 0 atom stereocenters. The van der Waals surface area contributed by atoms with E-state index in [9.17, 15) is 22.4 Å². The van der Waals surface area contributed by atoms with Crippen LogP contribution in [0.15, 0.2) is 35.0 Å². The number of aldehydes is 1. The third-order valence-electron chi connectivity index (χ3n) is 5.13. The Morgan fingerprint density at radius 3 is 2.42 bits per heavy atom. The summed E-state index contributed by atoms with van der Waals surface area (Å²) in [6.07, 6.45) is 1.09. The predicted octanol–water partition coefficient (Wildman–Crippen LogP) is 4.22. The number of allylic oxidation sites excluding steroid dienone is 1. The second kappa shape index (κ2) is 11.5. The second-order valence-corrected chi connectivity index (χ2v) is 12.0. The number of aromatic nitrogens is 2. The highest BCUT2D eigenvalue weighted by atomic mass is 35.5. The number of halogens is 2. The molecule has 0 spiro atoms. The molecular formula is C24H32ClFN4O5S. The first kappa shape index (κ1) is 29.5. The molecule has 9 nitrogen and oxygen atoms in total. The monoisotopic (exact) mass is 542 g/mol. The lowest BCUT2D eigenvalue weighted by Gasteiger charge is -2.23. The van der Waals surface area contributed by atoms with Gasteiger partial charge in [0, 0.05) is 39.7 Å². The number of benzene rings is 1. The molecule has 0 radical (unpaired) electrons. The SMILES string of the molecule is Cc1nn(Cc2ccc(S(=O)(=O)N(C)C)c(Cl)c2)c(C=O)c1C/C(F)=C/CN(C)C(=O)OC(C)(C)C. The molecule has 1 aromatic heterocycles. The van der Waals surface area contributed by atoms with Crippen molar-refractivity contribution in [3.8, 4) is 0 Å². The summed E-state index contributed by atoms with van der Waals surface area (Å²) in [7, 11) is 0.608. The fraction of sp³-hybridized carbons (Fsp3) is 0.458. The Labute approximate surface area is 216 Å². The molecule has 0 aliphatic carbocycles. The van der Waals surface area contributed by atoms with E-state index >= 15 is 0 Å². The number of sulfonamides is 1. The van der Waals surface area contributed by atoms with E-state index in [1.807, 2.05) is 0 Å². The Morgan fingerprint density at radius 1 is 1.25 bits per heavy atom. The summed E-state index contributed by atoms with van der Waals surface area (Å²) >= 11 is 6.22. The fourth-order valence-corrected chi connectivity index (χ4v) is 4.65. The van der Waals surface area contributed by atoms with Gasteiger partial charge in [0.2, 0.25) is 10.0 Å². The molecule has 2 rings (SSSR count). The molecule has 0 fully saturated rings. The number of aryl methyl sites for hydroxylation is 1. The zero-order valence-corrected chi connectivity index (χ0v) is 23.1. The summed E-state index contributed by atoms with van der Waals surface area (Å²) in [4.78, 5) is 25.1. The molecule has 12 heteroatoms. The summed E-state index contributed by atoms with van der Waals surface area (Å²) in [5.74, 6) is -0.530. The van der Waals surface area contributed by atoms with Crippen LogP contribution in [0.5, 0.6) is 0 Å². The first-order valence-corrected chi connectivity index (χ1v) is 12.9. The van der Waals surface area contributed by atoms with Crippen LogP contribution >= 0.6 is 11.6 Å². The molecule has 1 heterocycles. The molecule has 0 saturated carbocycles. The lowest BCUT2D eigenvalue weighted by atomic mass is 10.1. The molecule has 0 aliphatic rings. The summed E-state index contributed by atoms with van der Waals surface area (Å²) in [5, 5.41) is 4.40. The highest BCUT2D eigenvalue weighted by Crippen LogP contribution is 2.26. The molecule has 198 valence electrons. The average molecular weight is 543 g/mol. The molecule has 2 aromatic rings. The van der Waals surface area contributed by atoms with Gasteiger partial charge in [-0.25, -0.2) is 21.9 Å². The van der Waals surface area contributed by atoms with Gasteiger partial charge in [-0.15, -0.1) is 0 Å². The van der Waals surface area contributed by atoms with Gasteiger partial charge in [0.25, 0.3) is 0 Å². The van der Waals surface area contributed by atoms with Crippen molar-refractivity contribution in [3.05, 3.63) is 57.6 Å². The number of hydrogen-bond donors (Lipinski definition) is 0. The van der Waals surface area contributed by atoms with Crippen LogP contribution in [0, 0.1) is 6.92 Å². The van der Waals surface area contributed by atoms with Gasteiger partial charge < -0.3 is 9.64 Å². The topological polar surface area (TPSA) is 102 Å². The highest BCUT2D eigenvalue weighted by molar-refractivity contribution is 7.89. The van der Waals surface area contributed by atoms with E-state index in [0.29, 0.717) is 23.1 Å². The number of carbonyl (C=O) groups excluding carboxylic acids is 2. The molecule has 0 aliphatic heterocycles. The van der Waals surface area contributed by atoms with Crippen LogP contribution in [0.2, 0.25) is 5.02 Å². The number of nitrogens with zero attached hydrogens (tertiary/aromatic N) is 4. The van der Waals surface area contributed by atoms with Gasteiger partial charge in [-0.1, -0.05) is 17.7 Å². The van der Waals surface area contributed by atoms with Gasteiger partial charge in [0.15, 0.2) is 6.29 Å². The van der Waals surface area contributed by atoms with Crippen LogP contribution in [0.4, 0.5) is 9.18 Å². The Morgan fingerprint density at radius 2 is 1.89 bits per heavy atom. The predicted molar refractivity (Wildman–Crippen MR) is 136 cm³/mol. The minimum atomic E-state index is -3.71. The smallest absolute Gasteiger partial charge is 0.410 e. The van der Waals surface area contributed by atoms with Gasteiger partial charge in [-0.05, 0) is 51.5 Å². The second-order valence-electron chi connectivity index (χ2n) is 9.47. The van der Waals surface area contributed by atoms with E-state index in [0.717, 1.165) is 4.31 Å². The summed E-state index contributed by atoms with van der Waals surface area (Å²) in [5.41, 5.74) is 1.03. The van der Waals surface area contributed by atoms with Crippen LogP contribution < -0.4 is 0 Å². The van der Waals surface area contributed by atoms with Gasteiger partial charge >= 0.3 is 6.09 Å². The van der Waals surface area contributed by atoms with Crippen molar-refractivity contribution in [1.29, 1.82) is 0 Å². The molecule has 1 aromatic carbocycles. The molecular weight excluding hydrogens is 511 g/mol. The standard InChI is InChI=1S/C24H32ClFN4O5S/c1-16-19(13-18(26)10-11-29(7)23(32)35-24(2,3)4)21(15-31)30(27-16)14-17-8-9-22(20(25)12-17)36(33,34)28(5)6/h8-10,12,15H,11,13-14H2,1-7H3/b18-10-. The molecule has 0 bridgehead atoms. The minimum absolute atomic E-state index is 0.00887. The van der Waals surface area contributed by atoms with Crippen molar-refractivity contribution >= 4 is 34.0 Å². The number of hydrogen-bond acceptors (Lipinski definition) is 6. The van der Waals surface area contributed by atoms with E-state index < -0.39 is 27.5 Å². The molecule has 0 saturated heterocycles. The van der Waals surface area contributed by atoms with E-state index in [-0.39, 0.29) is 35.1 Å². The van der Waals surface area contributed by atoms with Crippen molar-refractivity contribution < 1.29 is 27.1 Å². The first-order valence-electron chi connectivity index (χ1n) is 11.1. The van der Waals surface area contributed by atoms with E-state index in [2.05, 4.69) is 5.10 Å². The first-order chi connectivity index (χ1) is 16.6. The van der Waals surface area contributed by atoms with Crippen molar-refractivity contribution in [2.24, 2.45) is 0 Å². The Kier molecular flexibility index (Phi) is 9.44. The largest absolute Gasteiger partial charge is 0.444 e. The zero-order chi connectivity index (χ0) is 27.4. The van der Waals surface area contributed by atoms with Crippen LogP contribution in [-0.4, -0.2) is 73.1 Å². The molecule has 1 amide bonds. The lowest BCUT2D eigenvalue weighted by molar-refractivity contribution is 0.0317. The maximum Gasteiger partial charge on any atom is 0.410 e. The van der Waals surface area contributed by atoms with Crippen molar-refractivity contribution in [3.63, 3.8) is 0 Å². The van der Waals surface area contributed by atoms with E-state index in [4.69, 9.17) is 16.3 Å². The van der Waals surface area contributed by atoms with Gasteiger partial charge in [-0.2, -0.15) is 5.10 Å². The van der Waals surface area contributed by atoms with Gasteiger partial charge in [0.1, 0.15) is 22.0 Å². The van der Waals surface area contributed by atoms with Crippen molar-refractivity contribution in [1.82, 2.24) is 19.0 Å². The van der Waals surface area contributed by atoms with Gasteiger partial charge in [-0.3, -0.25) is 9.48 Å². The average Bonchev–Trinajstić information content (AvgIpc) is 3.04. The number of likely N-dealkylation sites (N-methyl/N-ethyl adjacent to an activating group) is 1. The zero-order valence-electron chi connectivity index (χ0n) is 21.5. The summed E-state index contributed by atoms with van der Waals surface area (Å²) < 4.78 is 47.2. The normalized spacial score (nSPS) is 12.7. The number of carbonyl (C=O) groups is 2. The summed E-state index contributed by atoms with van der Waals surface area (Å²) in [6.45, 7) is 7.01. The Balaban J connectivity index is 2.21. The quantitative estimate of drug-likeness (QED) is 0.440.